The third kappa shape index (κ3) is 5.06. The molecule has 0 bridgehead atoms. The predicted molar refractivity (Wildman–Crippen MR) is 93.1 cm³/mol. The molecule has 5 nitrogen and oxygen atoms in total. The van der Waals surface area contributed by atoms with Crippen LogP contribution >= 0.6 is 0 Å². The molecule has 0 fully saturated rings. The second kappa shape index (κ2) is 7.72. The minimum Gasteiger partial charge on any atom is -0.350 e. The van der Waals surface area contributed by atoms with Crippen molar-refractivity contribution in [2.75, 3.05) is 5.32 Å². The largest absolute Gasteiger partial charge is 0.350 e. The summed E-state index contributed by atoms with van der Waals surface area (Å²) in [7, 11) is 0. The molecule has 0 saturated carbocycles. The Hall–Kier alpha value is -2.43. The van der Waals surface area contributed by atoms with Gasteiger partial charge < -0.3 is 10.6 Å². The maximum atomic E-state index is 12.3. The van der Waals surface area contributed by atoms with Gasteiger partial charge in [-0.15, -0.1) is 0 Å². The van der Waals surface area contributed by atoms with E-state index >= 15 is 0 Å². The maximum Gasteiger partial charge on any atom is 0.251 e. The fourth-order valence-electron chi connectivity index (χ4n) is 2.46. The quantitative estimate of drug-likeness (QED) is 0.852. The van der Waals surface area contributed by atoms with E-state index in [1.807, 2.05) is 51.1 Å². The van der Waals surface area contributed by atoms with Crippen molar-refractivity contribution < 1.29 is 4.79 Å². The summed E-state index contributed by atoms with van der Waals surface area (Å²) >= 11 is 0. The SMILES string of the molecule is CCCC(C)NC(=O)c1cccc(Nc2nc(C)cc(C)n2)c1. The van der Waals surface area contributed by atoms with Crippen LogP contribution in [0.2, 0.25) is 0 Å². The first kappa shape index (κ1) is 16.9. The van der Waals surface area contributed by atoms with Crippen LogP contribution in [0, 0.1) is 13.8 Å². The Morgan fingerprint density at radius 2 is 1.87 bits per heavy atom. The highest BCUT2D eigenvalue weighted by atomic mass is 16.1. The van der Waals surface area contributed by atoms with E-state index in [0.29, 0.717) is 11.5 Å². The Balaban J connectivity index is 2.11. The summed E-state index contributed by atoms with van der Waals surface area (Å²) in [5, 5.41) is 6.17. The molecular formula is C18H24N4O. The molecule has 0 aliphatic rings. The molecule has 0 aliphatic heterocycles. The van der Waals surface area contributed by atoms with Crippen LogP contribution in [0.3, 0.4) is 0 Å². The number of carbonyl (C=O) groups excluding carboxylic acids is 1. The first-order chi connectivity index (χ1) is 11.0. The Labute approximate surface area is 137 Å². The van der Waals surface area contributed by atoms with E-state index in [0.717, 1.165) is 29.9 Å². The Kier molecular flexibility index (Phi) is 5.68. The van der Waals surface area contributed by atoms with Gasteiger partial charge in [0.25, 0.3) is 5.91 Å². The third-order valence-electron chi connectivity index (χ3n) is 3.46. The monoisotopic (exact) mass is 312 g/mol. The number of anilines is 2. The van der Waals surface area contributed by atoms with Crippen LogP contribution in [0.5, 0.6) is 0 Å². The zero-order valence-electron chi connectivity index (χ0n) is 14.2. The van der Waals surface area contributed by atoms with Crippen molar-refractivity contribution in [3.8, 4) is 0 Å². The molecule has 5 heteroatoms. The molecule has 1 aromatic carbocycles. The van der Waals surface area contributed by atoms with Crippen molar-refractivity contribution in [2.24, 2.45) is 0 Å². The Morgan fingerprint density at radius 1 is 1.17 bits per heavy atom. The maximum absolute atomic E-state index is 12.3. The molecule has 1 atom stereocenters. The zero-order valence-corrected chi connectivity index (χ0v) is 14.2. The van der Waals surface area contributed by atoms with Crippen LogP contribution in [0.25, 0.3) is 0 Å². The molecule has 1 aromatic heterocycles. The van der Waals surface area contributed by atoms with Gasteiger partial charge in [-0.1, -0.05) is 19.4 Å². The number of nitrogens with zero attached hydrogens (tertiary/aromatic N) is 2. The summed E-state index contributed by atoms with van der Waals surface area (Å²) in [6.07, 6.45) is 2.02. The average Bonchev–Trinajstić information content (AvgIpc) is 2.46. The Morgan fingerprint density at radius 3 is 2.52 bits per heavy atom. The van der Waals surface area contributed by atoms with Gasteiger partial charge in [0, 0.05) is 28.7 Å². The van der Waals surface area contributed by atoms with E-state index in [-0.39, 0.29) is 11.9 Å². The molecule has 1 unspecified atom stereocenters. The highest BCUT2D eigenvalue weighted by Crippen LogP contribution is 2.16. The van der Waals surface area contributed by atoms with Gasteiger partial charge in [-0.2, -0.15) is 0 Å². The van der Waals surface area contributed by atoms with Crippen LogP contribution < -0.4 is 10.6 Å². The van der Waals surface area contributed by atoms with E-state index < -0.39 is 0 Å². The highest BCUT2D eigenvalue weighted by Gasteiger charge is 2.10. The molecule has 2 rings (SSSR count). The van der Waals surface area contributed by atoms with Gasteiger partial charge in [0.15, 0.2) is 0 Å². The van der Waals surface area contributed by atoms with Crippen molar-refractivity contribution in [1.29, 1.82) is 0 Å². The first-order valence-electron chi connectivity index (χ1n) is 7.98. The Bertz CT molecular complexity index is 664. The van der Waals surface area contributed by atoms with Crippen molar-refractivity contribution in [3.05, 3.63) is 47.3 Å². The fourth-order valence-corrected chi connectivity index (χ4v) is 2.46. The fraction of sp³-hybridized carbons (Fsp3) is 0.389. The van der Waals surface area contributed by atoms with Crippen molar-refractivity contribution in [1.82, 2.24) is 15.3 Å². The zero-order chi connectivity index (χ0) is 16.8. The number of rotatable bonds is 6. The number of hydrogen-bond donors (Lipinski definition) is 2. The highest BCUT2D eigenvalue weighted by molar-refractivity contribution is 5.95. The molecule has 2 N–H and O–H groups in total. The lowest BCUT2D eigenvalue weighted by Crippen LogP contribution is -2.32. The van der Waals surface area contributed by atoms with Gasteiger partial charge >= 0.3 is 0 Å². The van der Waals surface area contributed by atoms with Gasteiger partial charge in [0.1, 0.15) is 0 Å². The number of nitrogens with one attached hydrogen (secondary N) is 2. The summed E-state index contributed by atoms with van der Waals surface area (Å²) < 4.78 is 0. The van der Waals surface area contributed by atoms with Crippen LogP contribution in [-0.2, 0) is 0 Å². The molecule has 0 saturated heterocycles. The standard InChI is InChI=1S/C18H24N4O/c1-5-7-12(2)19-17(23)15-8-6-9-16(11-15)22-18-20-13(3)10-14(4)21-18/h6,8-12H,5,7H2,1-4H3,(H,19,23)(H,20,21,22). The van der Waals surface area contributed by atoms with E-state index in [9.17, 15) is 4.79 Å². The van der Waals surface area contributed by atoms with E-state index in [2.05, 4.69) is 27.5 Å². The molecule has 2 aromatic rings. The number of aromatic nitrogens is 2. The first-order valence-corrected chi connectivity index (χ1v) is 7.98. The summed E-state index contributed by atoms with van der Waals surface area (Å²) in [4.78, 5) is 21.0. The summed E-state index contributed by atoms with van der Waals surface area (Å²) in [6.45, 7) is 7.99. The minimum atomic E-state index is -0.0593. The van der Waals surface area contributed by atoms with Crippen LogP contribution in [-0.4, -0.2) is 21.9 Å². The number of carbonyl (C=O) groups is 1. The molecule has 23 heavy (non-hydrogen) atoms. The number of hydrogen-bond acceptors (Lipinski definition) is 4. The number of amides is 1. The predicted octanol–water partition coefficient (Wildman–Crippen LogP) is 3.76. The average molecular weight is 312 g/mol. The van der Waals surface area contributed by atoms with E-state index in [4.69, 9.17) is 0 Å². The van der Waals surface area contributed by atoms with Gasteiger partial charge in [-0.25, -0.2) is 9.97 Å². The van der Waals surface area contributed by atoms with Crippen molar-refractivity contribution in [3.63, 3.8) is 0 Å². The third-order valence-corrected chi connectivity index (χ3v) is 3.46. The van der Waals surface area contributed by atoms with Crippen molar-refractivity contribution >= 4 is 17.5 Å². The number of aryl methyl sites for hydroxylation is 2. The van der Waals surface area contributed by atoms with Gasteiger partial charge in [-0.05, 0) is 51.5 Å². The summed E-state index contributed by atoms with van der Waals surface area (Å²) in [5.74, 6) is 0.482. The molecule has 0 radical (unpaired) electrons. The lowest BCUT2D eigenvalue weighted by molar-refractivity contribution is 0.0938. The van der Waals surface area contributed by atoms with Crippen LogP contribution in [0.1, 0.15) is 48.4 Å². The lowest BCUT2D eigenvalue weighted by atomic mass is 10.1. The summed E-state index contributed by atoms with van der Waals surface area (Å²) in [6, 6.07) is 9.46. The molecule has 1 amide bonds. The second-order valence-electron chi connectivity index (χ2n) is 5.84. The van der Waals surface area contributed by atoms with Crippen LogP contribution in [0.4, 0.5) is 11.6 Å². The van der Waals surface area contributed by atoms with Crippen LogP contribution in [0.15, 0.2) is 30.3 Å². The molecule has 1 heterocycles. The molecule has 122 valence electrons. The molecule has 0 spiro atoms. The minimum absolute atomic E-state index is 0.0593. The van der Waals surface area contributed by atoms with E-state index in [1.54, 1.807) is 0 Å². The second-order valence-corrected chi connectivity index (χ2v) is 5.84. The lowest BCUT2D eigenvalue weighted by Gasteiger charge is -2.13. The smallest absolute Gasteiger partial charge is 0.251 e. The van der Waals surface area contributed by atoms with Gasteiger partial charge in [-0.3, -0.25) is 4.79 Å². The topological polar surface area (TPSA) is 66.9 Å². The summed E-state index contributed by atoms with van der Waals surface area (Å²) in [5.41, 5.74) is 3.23. The molecular weight excluding hydrogens is 288 g/mol. The normalized spacial score (nSPS) is 11.8. The van der Waals surface area contributed by atoms with E-state index in [1.165, 1.54) is 0 Å². The number of benzene rings is 1. The van der Waals surface area contributed by atoms with Crippen molar-refractivity contribution in [2.45, 2.75) is 46.6 Å². The molecule has 0 aliphatic carbocycles. The van der Waals surface area contributed by atoms with Gasteiger partial charge in [0.2, 0.25) is 5.95 Å². The van der Waals surface area contributed by atoms with Gasteiger partial charge in [0.05, 0.1) is 0 Å².